The standard InChI is InChI=1S/C7H5Cl2N5/c1-4(2-3-10)11-7-13-5(8)12-6(9)14-7/h2H2,1H3/b11-4+. The molecule has 0 fully saturated rings. The lowest BCUT2D eigenvalue weighted by molar-refractivity contribution is 1.03. The molecule has 0 aromatic carbocycles. The van der Waals surface area contributed by atoms with Crippen molar-refractivity contribution in [1.82, 2.24) is 15.0 Å². The molecule has 0 spiro atoms. The number of hydrogen-bond acceptors (Lipinski definition) is 5. The number of rotatable bonds is 2. The van der Waals surface area contributed by atoms with Gasteiger partial charge in [0.1, 0.15) is 0 Å². The van der Waals surface area contributed by atoms with Crippen molar-refractivity contribution in [2.75, 3.05) is 0 Å². The topological polar surface area (TPSA) is 74.8 Å². The van der Waals surface area contributed by atoms with E-state index in [1.54, 1.807) is 6.92 Å². The first kappa shape index (κ1) is 10.8. The van der Waals surface area contributed by atoms with Gasteiger partial charge >= 0.3 is 0 Å². The highest BCUT2D eigenvalue weighted by Gasteiger charge is 2.01. The van der Waals surface area contributed by atoms with Crippen LogP contribution in [0.1, 0.15) is 13.3 Å². The molecule has 0 saturated heterocycles. The summed E-state index contributed by atoms with van der Waals surface area (Å²) in [7, 11) is 0. The molecular formula is C7H5Cl2N5. The van der Waals surface area contributed by atoms with Gasteiger partial charge in [-0.15, -0.1) is 0 Å². The van der Waals surface area contributed by atoms with E-state index in [9.17, 15) is 0 Å². The fourth-order valence-corrected chi connectivity index (χ4v) is 1.05. The third-order valence-corrected chi connectivity index (χ3v) is 1.53. The summed E-state index contributed by atoms with van der Waals surface area (Å²) in [6.45, 7) is 1.69. The maximum Gasteiger partial charge on any atom is 0.254 e. The van der Waals surface area contributed by atoms with Gasteiger partial charge in [-0.3, -0.25) is 0 Å². The normalized spacial score (nSPS) is 11.1. The summed E-state index contributed by atoms with van der Waals surface area (Å²) < 4.78 is 0. The van der Waals surface area contributed by atoms with Gasteiger partial charge in [0.05, 0.1) is 12.5 Å². The number of halogens is 2. The fourth-order valence-electron chi connectivity index (χ4n) is 0.691. The van der Waals surface area contributed by atoms with Crippen LogP contribution in [0.2, 0.25) is 10.6 Å². The van der Waals surface area contributed by atoms with Crippen LogP contribution < -0.4 is 0 Å². The molecule has 0 amide bonds. The van der Waals surface area contributed by atoms with Gasteiger partial charge in [0.25, 0.3) is 5.95 Å². The molecule has 0 bridgehead atoms. The summed E-state index contributed by atoms with van der Waals surface area (Å²) in [5.74, 6) is 0.114. The molecule has 7 heteroatoms. The molecule has 0 aliphatic carbocycles. The number of nitriles is 1. The first-order valence-electron chi connectivity index (χ1n) is 3.60. The average Bonchev–Trinajstić information content (AvgIpc) is 2.01. The van der Waals surface area contributed by atoms with Crippen molar-refractivity contribution < 1.29 is 0 Å². The van der Waals surface area contributed by atoms with Gasteiger partial charge in [-0.2, -0.15) is 20.2 Å². The van der Waals surface area contributed by atoms with E-state index >= 15 is 0 Å². The molecule has 0 unspecified atom stereocenters. The molecule has 0 radical (unpaired) electrons. The summed E-state index contributed by atoms with van der Waals surface area (Å²) in [5.41, 5.74) is 0.589. The lowest BCUT2D eigenvalue weighted by Gasteiger charge is -1.95. The minimum absolute atomic E-state index is 0.0199. The lowest BCUT2D eigenvalue weighted by Crippen LogP contribution is -1.92. The lowest BCUT2D eigenvalue weighted by atomic mass is 10.3. The zero-order valence-corrected chi connectivity index (χ0v) is 8.71. The Morgan fingerprint density at radius 1 is 1.36 bits per heavy atom. The number of aromatic nitrogens is 3. The second kappa shape index (κ2) is 4.84. The largest absolute Gasteiger partial charge is 0.254 e. The highest BCUT2D eigenvalue weighted by molar-refractivity contribution is 6.31. The van der Waals surface area contributed by atoms with Gasteiger partial charge in [-0.25, -0.2) is 4.99 Å². The predicted molar refractivity (Wildman–Crippen MR) is 52.8 cm³/mol. The van der Waals surface area contributed by atoms with Crippen LogP contribution in [-0.4, -0.2) is 20.7 Å². The Kier molecular flexibility index (Phi) is 3.74. The molecule has 1 aromatic heterocycles. The van der Waals surface area contributed by atoms with Crippen LogP contribution in [0.15, 0.2) is 4.99 Å². The van der Waals surface area contributed by atoms with Crippen LogP contribution in [0.3, 0.4) is 0 Å². The van der Waals surface area contributed by atoms with Crippen molar-refractivity contribution in [2.24, 2.45) is 4.99 Å². The summed E-state index contributed by atoms with van der Waals surface area (Å²) in [4.78, 5) is 14.9. The van der Waals surface area contributed by atoms with Crippen molar-refractivity contribution in [3.05, 3.63) is 10.6 Å². The molecule has 1 heterocycles. The van der Waals surface area contributed by atoms with Crippen LogP contribution in [0.25, 0.3) is 0 Å². The number of aliphatic imine (C=N–C) groups is 1. The van der Waals surface area contributed by atoms with Gasteiger partial charge in [-0.1, -0.05) is 0 Å². The third kappa shape index (κ3) is 3.24. The summed E-state index contributed by atoms with van der Waals surface area (Å²) in [6.07, 6.45) is 0.209. The average molecular weight is 230 g/mol. The van der Waals surface area contributed by atoms with Crippen molar-refractivity contribution in [2.45, 2.75) is 13.3 Å². The van der Waals surface area contributed by atoms with E-state index in [-0.39, 0.29) is 22.9 Å². The molecule has 1 rings (SSSR count). The first-order valence-corrected chi connectivity index (χ1v) is 4.35. The maximum absolute atomic E-state index is 8.39. The Bertz CT molecular complexity index is 389. The zero-order chi connectivity index (χ0) is 10.6. The summed E-state index contributed by atoms with van der Waals surface area (Å²) in [6, 6.07) is 1.95. The first-order chi connectivity index (χ1) is 6.61. The van der Waals surface area contributed by atoms with E-state index in [4.69, 9.17) is 28.5 Å². The quantitative estimate of drug-likeness (QED) is 0.729. The number of hydrogen-bond donors (Lipinski definition) is 0. The van der Waals surface area contributed by atoms with E-state index in [0.717, 1.165) is 0 Å². The van der Waals surface area contributed by atoms with Crippen molar-refractivity contribution in [1.29, 1.82) is 5.26 Å². The van der Waals surface area contributed by atoms with Crippen LogP contribution in [0.4, 0.5) is 5.95 Å². The van der Waals surface area contributed by atoms with Crippen molar-refractivity contribution in [3.63, 3.8) is 0 Å². The minimum Gasteiger partial charge on any atom is -0.220 e. The molecule has 0 aliphatic heterocycles. The predicted octanol–water partition coefficient (Wildman–Crippen LogP) is 2.18. The Morgan fingerprint density at radius 3 is 2.43 bits per heavy atom. The molecule has 14 heavy (non-hydrogen) atoms. The minimum atomic E-state index is -0.0199. The van der Waals surface area contributed by atoms with Gasteiger partial charge in [0.2, 0.25) is 10.6 Å². The van der Waals surface area contributed by atoms with E-state index in [0.29, 0.717) is 5.71 Å². The Balaban J connectivity index is 2.97. The zero-order valence-electron chi connectivity index (χ0n) is 7.20. The monoisotopic (exact) mass is 229 g/mol. The SMILES string of the molecule is C/C(CC#N)=N\c1nc(Cl)nc(Cl)n1. The van der Waals surface area contributed by atoms with Gasteiger partial charge < -0.3 is 0 Å². The van der Waals surface area contributed by atoms with Crippen LogP contribution in [-0.2, 0) is 0 Å². The van der Waals surface area contributed by atoms with Crippen molar-refractivity contribution in [3.8, 4) is 6.07 Å². The molecular weight excluding hydrogens is 225 g/mol. The van der Waals surface area contributed by atoms with E-state index < -0.39 is 0 Å². The van der Waals surface area contributed by atoms with Gasteiger partial charge in [-0.05, 0) is 30.1 Å². The molecule has 0 atom stereocenters. The highest BCUT2D eigenvalue weighted by atomic mass is 35.5. The molecule has 0 saturated carbocycles. The van der Waals surface area contributed by atoms with E-state index in [1.165, 1.54) is 0 Å². The van der Waals surface area contributed by atoms with Crippen LogP contribution in [0.5, 0.6) is 0 Å². The van der Waals surface area contributed by atoms with Gasteiger partial charge in [0, 0.05) is 5.71 Å². The van der Waals surface area contributed by atoms with E-state index in [1.807, 2.05) is 6.07 Å². The van der Waals surface area contributed by atoms with Crippen LogP contribution >= 0.6 is 23.2 Å². The highest BCUT2D eigenvalue weighted by Crippen LogP contribution is 2.12. The molecule has 5 nitrogen and oxygen atoms in total. The Hall–Kier alpha value is -1.25. The van der Waals surface area contributed by atoms with Crippen LogP contribution in [0, 0.1) is 11.3 Å². The number of nitrogens with zero attached hydrogens (tertiary/aromatic N) is 5. The van der Waals surface area contributed by atoms with Gasteiger partial charge in [0.15, 0.2) is 0 Å². The Labute approximate surface area is 90.4 Å². The maximum atomic E-state index is 8.39. The second-order valence-corrected chi connectivity index (χ2v) is 3.03. The van der Waals surface area contributed by atoms with Crippen molar-refractivity contribution >= 4 is 34.9 Å². The fraction of sp³-hybridized carbons (Fsp3) is 0.286. The molecule has 0 N–H and O–H groups in total. The second-order valence-electron chi connectivity index (χ2n) is 2.36. The summed E-state index contributed by atoms with van der Waals surface area (Å²) in [5, 5.41) is 8.35. The summed E-state index contributed by atoms with van der Waals surface area (Å²) >= 11 is 11.1. The molecule has 0 aliphatic rings. The smallest absolute Gasteiger partial charge is 0.220 e. The molecule has 72 valence electrons. The third-order valence-electron chi connectivity index (χ3n) is 1.19. The van der Waals surface area contributed by atoms with E-state index in [2.05, 4.69) is 19.9 Å². The molecule has 1 aromatic rings. The Morgan fingerprint density at radius 2 is 1.93 bits per heavy atom.